The van der Waals surface area contributed by atoms with Crippen LogP contribution in [0.5, 0.6) is 0 Å². The Morgan fingerprint density at radius 2 is 1.91 bits per heavy atom. The van der Waals surface area contributed by atoms with E-state index in [9.17, 15) is 18.0 Å². The van der Waals surface area contributed by atoms with Crippen LogP contribution < -0.4 is 15.8 Å². The van der Waals surface area contributed by atoms with Gasteiger partial charge in [0.2, 0.25) is 15.9 Å². The summed E-state index contributed by atoms with van der Waals surface area (Å²) < 4.78 is 27.7. The molecule has 2 fully saturated rings. The van der Waals surface area contributed by atoms with E-state index in [1.165, 1.54) is 12.1 Å². The lowest BCUT2D eigenvalue weighted by Crippen LogP contribution is -2.39. The first kappa shape index (κ1) is 22.4. The Morgan fingerprint density at radius 1 is 1.12 bits per heavy atom. The lowest BCUT2D eigenvalue weighted by molar-refractivity contribution is -0.122. The molecule has 1 aliphatic heterocycles. The molecule has 2 aromatic carbocycles. The van der Waals surface area contributed by atoms with Crippen LogP contribution in [0.1, 0.15) is 47.2 Å². The van der Waals surface area contributed by atoms with E-state index in [0.717, 1.165) is 37.8 Å². The van der Waals surface area contributed by atoms with Gasteiger partial charge in [0.05, 0.1) is 10.9 Å². The summed E-state index contributed by atoms with van der Waals surface area (Å²) in [7, 11) is -3.65. The van der Waals surface area contributed by atoms with Crippen LogP contribution in [0.3, 0.4) is 0 Å². The van der Waals surface area contributed by atoms with Gasteiger partial charge in [-0.1, -0.05) is 18.2 Å². The molecule has 0 spiro atoms. The minimum absolute atomic E-state index is 0.00825. The molecule has 170 valence electrons. The standard InChI is InChI=1S/C23H28N4O4S/c1-15-7-10-19(32(30,31)26-17-8-9-17)13-20(15)23(29)25-18-5-2-4-16(12-18)14-27-11-3-6-21(27)22(24)28/h2,4-5,7,10,12-13,17,21,26H,3,6,8-9,11,14H2,1H3,(H2,24,28)(H,25,29). The number of primary amides is 1. The van der Waals surface area contributed by atoms with E-state index in [1.54, 1.807) is 19.1 Å². The summed E-state index contributed by atoms with van der Waals surface area (Å²) in [4.78, 5) is 26.7. The van der Waals surface area contributed by atoms with Crippen LogP contribution in [0.4, 0.5) is 5.69 Å². The minimum atomic E-state index is -3.65. The Morgan fingerprint density at radius 3 is 2.62 bits per heavy atom. The average Bonchev–Trinajstić information content (AvgIpc) is 3.41. The second-order valence-corrected chi connectivity index (χ2v) is 10.3. The summed E-state index contributed by atoms with van der Waals surface area (Å²) in [6, 6.07) is 11.7. The third-order valence-corrected chi connectivity index (χ3v) is 7.44. The maximum Gasteiger partial charge on any atom is 0.255 e. The van der Waals surface area contributed by atoms with Gasteiger partial charge in [-0.25, -0.2) is 13.1 Å². The van der Waals surface area contributed by atoms with Gasteiger partial charge >= 0.3 is 0 Å². The summed E-state index contributed by atoms with van der Waals surface area (Å²) in [6.07, 6.45) is 3.37. The maximum atomic E-state index is 12.9. The van der Waals surface area contributed by atoms with Gasteiger partial charge in [-0.3, -0.25) is 14.5 Å². The van der Waals surface area contributed by atoms with Crippen LogP contribution in [0.25, 0.3) is 0 Å². The van der Waals surface area contributed by atoms with Crippen molar-refractivity contribution in [3.8, 4) is 0 Å². The van der Waals surface area contributed by atoms with Crippen LogP contribution in [0, 0.1) is 6.92 Å². The van der Waals surface area contributed by atoms with E-state index in [2.05, 4.69) is 14.9 Å². The molecule has 4 rings (SSSR count). The number of carbonyl (C=O) groups is 2. The SMILES string of the molecule is Cc1ccc(S(=O)(=O)NC2CC2)cc1C(=O)Nc1cccc(CN2CCCC2C(N)=O)c1. The average molecular weight is 457 g/mol. The monoisotopic (exact) mass is 456 g/mol. The molecule has 2 amide bonds. The number of nitrogens with two attached hydrogens (primary N) is 1. The number of hydrogen-bond donors (Lipinski definition) is 3. The van der Waals surface area contributed by atoms with Crippen LogP contribution in [0.15, 0.2) is 47.4 Å². The highest BCUT2D eigenvalue weighted by Crippen LogP contribution is 2.24. The number of anilines is 1. The molecule has 0 bridgehead atoms. The molecule has 0 radical (unpaired) electrons. The quantitative estimate of drug-likeness (QED) is 0.562. The number of likely N-dealkylation sites (tertiary alicyclic amines) is 1. The predicted octanol–water partition coefficient (Wildman–Crippen LogP) is 2.14. The predicted molar refractivity (Wildman–Crippen MR) is 122 cm³/mol. The van der Waals surface area contributed by atoms with Crippen LogP contribution in [-0.4, -0.2) is 43.8 Å². The zero-order valence-electron chi connectivity index (χ0n) is 18.0. The van der Waals surface area contributed by atoms with E-state index in [0.29, 0.717) is 23.4 Å². The fourth-order valence-corrected chi connectivity index (χ4v) is 5.35. The van der Waals surface area contributed by atoms with Gasteiger partial charge in [0.25, 0.3) is 5.91 Å². The summed E-state index contributed by atoms with van der Waals surface area (Å²) in [6.45, 7) is 3.14. The number of carbonyl (C=O) groups excluding carboxylic acids is 2. The van der Waals surface area contributed by atoms with Gasteiger partial charge in [-0.05, 0) is 74.5 Å². The number of nitrogens with zero attached hydrogens (tertiary/aromatic N) is 1. The van der Waals surface area contributed by atoms with Crippen molar-refractivity contribution in [1.29, 1.82) is 0 Å². The highest BCUT2D eigenvalue weighted by atomic mass is 32.2. The molecule has 2 aromatic rings. The third-order valence-electron chi connectivity index (χ3n) is 5.93. The molecule has 1 atom stereocenters. The summed E-state index contributed by atoms with van der Waals surface area (Å²) >= 11 is 0. The fourth-order valence-electron chi connectivity index (χ4n) is 4.02. The van der Waals surface area contributed by atoms with Crippen molar-refractivity contribution >= 4 is 27.5 Å². The highest BCUT2D eigenvalue weighted by molar-refractivity contribution is 7.89. The Labute approximate surface area is 188 Å². The van der Waals surface area contributed by atoms with Gasteiger partial charge in [-0.15, -0.1) is 0 Å². The normalized spacial score (nSPS) is 19.1. The molecular weight excluding hydrogens is 428 g/mol. The largest absolute Gasteiger partial charge is 0.368 e. The maximum absolute atomic E-state index is 12.9. The van der Waals surface area contributed by atoms with Crippen molar-refractivity contribution in [2.24, 2.45) is 5.73 Å². The van der Waals surface area contributed by atoms with Crippen LogP contribution in [0.2, 0.25) is 0 Å². The number of hydrogen-bond acceptors (Lipinski definition) is 5. The number of amides is 2. The smallest absolute Gasteiger partial charge is 0.255 e. The Hall–Kier alpha value is -2.75. The Bertz CT molecular complexity index is 1140. The molecule has 1 heterocycles. The van der Waals surface area contributed by atoms with Crippen LogP contribution in [-0.2, 0) is 21.4 Å². The van der Waals surface area contributed by atoms with Crippen molar-refractivity contribution in [2.75, 3.05) is 11.9 Å². The first-order valence-corrected chi connectivity index (χ1v) is 12.3. The molecule has 1 unspecified atom stereocenters. The Kier molecular flexibility index (Phi) is 6.32. The van der Waals surface area contributed by atoms with Crippen molar-refractivity contribution in [1.82, 2.24) is 9.62 Å². The number of rotatable bonds is 8. The van der Waals surface area contributed by atoms with Crippen molar-refractivity contribution < 1.29 is 18.0 Å². The highest BCUT2D eigenvalue weighted by Gasteiger charge is 2.29. The molecule has 1 aliphatic carbocycles. The second-order valence-electron chi connectivity index (χ2n) is 8.56. The molecule has 9 heteroatoms. The summed E-state index contributed by atoms with van der Waals surface area (Å²) in [5, 5.41) is 2.87. The molecule has 1 saturated heterocycles. The summed E-state index contributed by atoms with van der Waals surface area (Å²) in [5.41, 5.74) is 8.06. The molecule has 0 aromatic heterocycles. The van der Waals surface area contributed by atoms with Gasteiger partial charge in [0, 0.05) is 23.8 Å². The molecular formula is C23H28N4O4S. The van der Waals surface area contributed by atoms with Gasteiger partial charge in [0.15, 0.2) is 0 Å². The lowest BCUT2D eigenvalue weighted by Gasteiger charge is -2.22. The number of nitrogens with one attached hydrogen (secondary N) is 2. The first-order valence-electron chi connectivity index (χ1n) is 10.8. The molecule has 8 nitrogen and oxygen atoms in total. The first-order chi connectivity index (χ1) is 15.2. The van der Waals surface area contributed by atoms with Crippen molar-refractivity contribution in [2.45, 2.75) is 56.1 Å². The van der Waals surface area contributed by atoms with Crippen molar-refractivity contribution in [3.05, 3.63) is 59.2 Å². The second kappa shape index (κ2) is 9.01. The Balaban J connectivity index is 1.49. The van der Waals surface area contributed by atoms with Gasteiger partial charge < -0.3 is 11.1 Å². The molecule has 32 heavy (non-hydrogen) atoms. The van der Waals surface area contributed by atoms with E-state index in [1.807, 2.05) is 18.2 Å². The summed E-state index contributed by atoms with van der Waals surface area (Å²) in [5.74, 6) is -0.687. The van der Waals surface area contributed by atoms with Crippen molar-refractivity contribution in [3.63, 3.8) is 0 Å². The van der Waals surface area contributed by atoms with E-state index in [-0.39, 0.29) is 28.8 Å². The third kappa shape index (κ3) is 5.17. The topological polar surface area (TPSA) is 122 Å². The van der Waals surface area contributed by atoms with Gasteiger partial charge in [-0.2, -0.15) is 0 Å². The zero-order valence-corrected chi connectivity index (χ0v) is 18.8. The molecule has 2 aliphatic rings. The molecule has 1 saturated carbocycles. The number of aryl methyl sites for hydroxylation is 1. The number of benzene rings is 2. The van der Waals surface area contributed by atoms with E-state index in [4.69, 9.17) is 5.73 Å². The number of sulfonamides is 1. The lowest BCUT2D eigenvalue weighted by atomic mass is 10.1. The van der Waals surface area contributed by atoms with Gasteiger partial charge in [0.1, 0.15) is 0 Å². The van der Waals surface area contributed by atoms with E-state index >= 15 is 0 Å². The van der Waals surface area contributed by atoms with E-state index < -0.39 is 10.0 Å². The molecule has 4 N–H and O–H groups in total. The van der Waals surface area contributed by atoms with Crippen LogP contribution >= 0.6 is 0 Å². The fraction of sp³-hybridized carbons (Fsp3) is 0.391. The zero-order chi connectivity index (χ0) is 22.9. The minimum Gasteiger partial charge on any atom is -0.368 e.